The van der Waals surface area contributed by atoms with Crippen molar-refractivity contribution in [3.05, 3.63) is 465 Å². The molecule has 0 unspecified atom stereocenters. The van der Waals surface area contributed by atoms with E-state index in [1.54, 1.807) is 0 Å². The van der Waals surface area contributed by atoms with Crippen molar-refractivity contribution in [3.8, 4) is 77.9 Å². The van der Waals surface area contributed by atoms with E-state index < -0.39 is 10.8 Å². The van der Waals surface area contributed by atoms with Crippen LogP contribution in [0.2, 0.25) is 6.32 Å². The van der Waals surface area contributed by atoms with Crippen LogP contribution in [0, 0.1) is 0 Å². The van der Waals surface area contributed by atoms with Crippen molar-refractivity contribution in [2.75, 3.05) is 19.6 Å². The number of para-hydroxylation sites is 2. The second kappa shape index (κ2) is 30.5. The molecule has 676 valence electrons. The summed E-state index contributed by atoms with van der Waals surface area (Å²) in [6.07, 6.45) is 3.36. The van der Waals surface area contributed by atoms with Gasteiger partial charge in [-0.1, -0.05) is 410 Å². The number of fused-ring (bicyclic) bond motifs is 24. The standard InChI is InChI=1S/C133H118B2N4/c1-126(2,3)85-43-38-44-91(73-85)136-94(80-134-113-61-34-36-63-116(113)137(92-74-87(128(7,8)9)71-88(75-92)129(10,11)12)119-68-83(67-118(136)124(119)134)96-51-39-53-104-102-49-26-32-59-111(102)132(122(96)104)107-55-28-22-45-98(107)99-46-23-29-56-108(99)132)79-95-81-135-114-62-35-37-64-117(114)138(93-76-89(130(13,14)15)72-90(77-93)131(16,17)18)120-69-84(70-121(125(120)135)139(95)115-66-65-86(127(4,5)6)78-106(115)82-41-20-19-21-42-82)97-52-40-54-105-103-50-27-33-60-112(103)133(123(97)105)109-57-30-24-47-100(109)101-48-25-31-58-110(101)133/h19-80H,81H2,1-18H3/b95-79+. The molecule has 0 bridgehead atoms. The lowest BCUT2D eigenvalue weighted by Crippen LogP contribution is -2.55. The predicted octanol–water partition coefficient (Wildman–Crippen LogP) is 32.3. The summed E-state index contributed by atoms with van der Waals surface area (Å²) in [4.78, 5) is 10.9. The Balaban J connectivity index is 0.822. The zero-order valence-corrected chi connectivity index (χ0v) is 83.4. The first-order chi connectivity index (χ1) is 66.7. The second-order valence-electron chi connectivity index (χ2n) is 46.7. The van der Waals surface area contributed by atoms with Crippen LogP contribution < -0.4 is 41.5 Å². The average molecular weight is 1790 g/mol. The van der Waals surface area contributed by atoms with Gasteiger partial charge in [-0.15, -0.1) is 0 Å². The van der Waals surface area contributed by atoms with E-state index in [0.717, 1.165) is 56.5 Å². The summed E-state index contributed by atoms with van der Waals surface area (Å²) in [7, 11) is 0. The van der Waals surface area contributed by atoms with Gasteiger partial charge in [0.25, 0.3) is 0 Å². The molecule has 4 nitrogen and oxygen atoms in total. The van der Waals surface area contributed by atoms with Gasteiger partial charge in [-0.25, -0.2) is 0 Å². The highest BCUT2D eigenvalue weighted by molar-refractivity contribution is 6.94. The average Bonchev–Trinajstić information content (AvgIpc) is 1.42. The molecule has 25 rings (SSSR count). The van der Waals surface area contributed by atoms with Crippen LogP contribution in [0.5, 0.6) is 0 Å². The highest BCUT2D eigenvalue weighted by atomic mass is 15.2. The van der Waals surface area contributed by atoms with E-state index in [-0.39, 0.29) is 45.9 Å². The number of nitrogens with zero attached hydrogens (tertiary/aromatic N) is 4. The van der Waals surface area contributed by atoms with Crippen LogP contribution in [0.4, 0.5) is 56.9 Å². The van der Waals surface area contributed by atoms with Crippen molar-refractivity contribution in [1.82, 2.24) is 0 Å². The number of benzene rings is 17. The van der Waals surface area contributed by atoms with Crippen LogP contribution in [0.3, 0.4) is 0 Å². The summed E-state index contributed by atoms with van der Waals surface area (Å²) in [6.45, 7) is 42.5. The molecule has 6 heteroatoms. The maximum atomic E-state index is 2.80. The van der Waals surface area contributed by atoms with Crippen LogP contribution in [0.1, 0.15) is 203 Å². The Morgan fingerprint density at radius 3 is 1.01 bits per heavy atom. The smallest absolute Gasteiger partial charge is 0.244 e. The van der Waals surface area contributed by atoms with Gasteiger partial charge >= 0.3 is 0 Å². The first-order valence-corrected chi connectivity index (χ1v) is 50.4. The van der Waals surface area contributed by atoms with Crippen LogP contribution in [0.25, 0.3) is 77.9 Å². The zero-order valence-electron chi connectivity index (χ0n) is 83.4. The molecule has 4 heterocycles. The van der Waals surface area contributed by atoms with E-state index in [9.17, 15) is 0 Å². The van der Waals surface area contributed by atoms with Gasteiger partial charge in [0.15, 0.2) is 0 Å². The Bertz CT molecular complexity index is 7960. The lowest BCUT2D eigenvalue weighted by atomic mass is 9.34. The largest absolute Gasteiger partial charge is 0.315 e. The third-order valence-corrected chi connectivity index (χ3v) is 32.2. The Labute approximate surface area is 823 Å². The van der Waals surface area contributed by atoms with Gasteiger partial charge < -0.3 is 19.6 Å². The molecule has 0 radical (unpaired) electrons. The maximum absolute atomic E-state index is 2.80. The first kappa shape index (κ1) is 86.2. The van der Waals surface area contributed by atoms with Crippen LogP contribution >= 0.6 is 0 Å². The topological polar surface area (TPSA) is 13.0 Å². The zero-order chi connectivity index (χ0) is 95.4. The van der Waals surface area contributed by atoms with Crippen molar-refractivity contribution in [3.63, 3.8) is 0 Å². The van der Waals surface area contributed by atoms with E-state index in [4.69, 9.17) is 0 Å². The molecule has 0 saturated heterocycles. The minimum atomic E-state index is -0.660. The Kier molecular flexibility index (Phi) is 18.9. The number of allylic oxidation sites excluding steroid dienone is 2. The normalized spacial score (nSPS) is 15.5. The highest BCUT2D eigenvalue weighted by Crippen LogP contribution is 2.68. The van der Waals surface area contributed by atoms with E-state index >= 15 is 0 Å². The number of rotatable bonds is 8. The molecule has 4 aliphatic heterocycles. The lowest BCUT2D eigenvalue weighted by Gasteiger charge is -2.46. The second-order valence-corrected chi connectivity index (χ2v) is 46.7. The molecule has 17 aromatic carbocycles. The summed E-state index contributed by atoms with van der Waals surface area (Å²) in [5.74, 6) is 2.70. The quantitative estimate of drug-likeness (QED) is 0.141. The summed E-state index contributed by atoms with van der Waals surface area (Å²) < 4.78 is 0. The fraction of sp³-hybridized carbons (Fsp3) is 0.203. The molecule has 0 amide bonds. The molecule has 0 saturated carbocycles. The molecule has 0 atom stereocenters. The predicted molar refractivity (Wildman–Crippen MR) is 592 cm³/mol. The molecule has 17 aromatic rings. The van der Waals surface area contributed by atoms with Gasteiger partial charge in [-0.2, -0.15) is 0 Å². The summed E-state index contributed by atoms with van der Waals surface area (Å²) >= 11 is 0. The molecular weight excluding hydrogens is 1680 g/mol. The molecule has 4 aliphatic carbocycles. The Hall–Kier alpha value is -14.5. The first-order valence-electron chi connectivity index (χ1n) is 50.4. The van der Waals surface area contributed by atoms with E-state index in [1.165, 1.54) is 189 Å². The van der Waals surface area contributed by atoms with Gasteiger partial charge in [0.2, 0.25) is 13.4 Å². The van der Waals surface area contributed by atoms with Crippen molar-refractivity contribution in [2.45, 2.75) is 174 Å². The van der Waals surface area contributed by atoms with E-state index in [2.05, 4.69) is 520 Å². The number of anilines is 10. The molecule has 0 aromatic heterocycles. The van der Waals surface area contributed by atoms with Crippen molar-refractivity contribution >= 4 is 92.2 Å². The summed E-state index contributed by atoms with van der Waals surface area (Å²) in [6, 6.07) is 144. The van der Waals surface area contributed by atoms with Gasteiger partial charge in [0, 0.05) is 68.1 Å². The third-order valence-electron chi connectivity index (χ3n) is 32.2. The van der Waals surface area contributed by atoms with Crippen molar-refractivity contribution in [1.29, 1.82) is 0 Å². The minimum Gasteiger partial charge on any atom is -0.315 e. The van der Waals surface area contributed by atoms with Gasteiger partial charge in [0.05, 0.1) is 16.5 Å². The summed E-state index contributed by atoms with van der Waals surface area (Å²) in [5, 5.41) is 0. The van der Waals surface area contributed by atoms with Crippen LogP contribution in [-0.2, 0) is 43.3 Å². The Morgan fingerprint density at radius 2 is 0.568 bits per heavy atom. The fourth-order valence-corrected chi connectivity index (χ4v) is 25.4. The number of hydrogen-bond donors (Lipinski definition) is 0. The van der Waals surface area contributed by atoms with Gasteiger partial charge in [-0.05, 0) is 302 Å². The van der Waals surface area contributed by atoms with E-state index in [1.807, 2.05) is 0 Å². The maximum Gasteiger partial charge on any atom is 0.244 e. The molecule has 0 fully saturated rings. The molecule has 8 aliphatic rings. The third kappa shape index (κ3) is 12.9. The van der Waals surface area contributed by atoms with Crippen LogP contribution in [-0.4, -0.2) is 13.4 Å². The number of hydrogen-bond acceptors (Lipinski definition) is 4. The van der Waals surface area contributed by atoms with Crippen molar-refractivity contribution < 1.29 is 0 Å². The van der Waals surface area contributed by atoms with Gasteiger partial charge in [-0.3, -0.25) is 0 Å². The Morgan fingerprint density at radius 1 is 0.230 bits per heavy atom. The monoisotopic (exact) mass is 1790 g/mol. The SMILES string of the molecule is CC(C)(C)c1cccc(N2C(/C=C3\CB4c5ccccc5N(c5cc(C(C)(C)C)cc(C(C)(C)C)c5)c5cc(-c6cccc7c6C6(c8ccccc8-c8ccccc86)c6ccccc6-7)cc(c54)N3c3ccc(C(C)(C)C)cc3-c3ccccc3)=CB3c4ccccc4N(c4cc(C(C)(C)C)cc(C(C)(C)C)c4)c4cc(-c5cccc6c5C5(c7ccccc7-c7ccccc75)c5ccccc5-6)cc2c43)c1. The van der Waals surface area contributed by atoms with Crippen molar-refractivity contribution in [2.24, 2.45) is 0 Å². The van der Waals surface area contributed by atoms with Gasteiger partial charge in [0.1, 0.15) is 0 Å². The minimum absolute atomic E-state index is 0.137. The molecular formula is C133H118B2N4. The summed E-state index contributed by atoms with van der Waals surface area (Å²) in [5.41, 5.74) is 52.2. The fourth-order valence-electron chi connectivity index (χ4n) is 25.4. The van der Waals surface area contributed by atoms with Crippen LogP contribution in [0.15, 0.2) is 387 Å². The molecule has 2 spiro atoms. The lowest BCUT2D eigenvalue weighted by molar-refractivity contribution is 0.568. The molecule has 139 heavy (non-hydrogen) atoms. The highest BCUT2D eigenvalue weighted by Gasteiger charge is 2.56. The van der Waals surface area contributed by atoms with E-state index in [0.29, 0.717) is 6.32 Å². The molecule has 0 N–H and O–H groups in total.